The van der Waals surface area contributed by atoms with Gasteiger partial charge in [-0.2, -0.15) is 0 Å². The lowest BCUT2D eigenvalue weighted by molar-refractivity contribution is -0.143. The third kappa shape index (κ3) is 2.73. The Labute approximate surface area is 109 Å². The van der Waals surface area contributed by atoms with Gasteiger partial charge in [-0.05, 0) is 17.5 Å². The van der Waals surface area contributed by atoms with Crippen molar-refractivity contribution in [3.63, 3.8) is 0 Å². The molecular formula is C13H14N2O4. The van der Waals surface area contributed by atoms with Crippen LogP contribution in [0.15, 0.2) is 24.3 Å². The van der Waals surface area contributed by atoms with Crippen LogP contribution in [-0.2, 0) is 20.8 Å². The minimum Gasteiger partial charge on any atom is -0.480 e. The number of amides is 2. The van der Waals surface area contributed by atoms with Crippen molar-refractivity contribution < 1.29 is 19.5 Å². The van der Waals surface area contributed by atoms with Gasteiger partial charge in [-0.15, -0.1) is 0 Å². The maximum absolute atomic E-state index is 12.0. The molecule has 1 aliphatic carbocycles. The van der Waals surface area contributed by atoms with Crippen LogP contribution in [0.3, 0.4) is 0 Å². The molecule has 19 heavy (non-hydrogen) atoms. The van der Waals surface area contributed by atoms with E-state index in [1.165, 1.54) is 0 Å². The molecule has 0 saturated carbocycles. The van der Waals surface area contributed by atoms with Crippen LogP contribution in [0.4, 0.5) is 0 Å². The van der Waals surface area contributed by atoms with E-state index in [0.29, 0.717) is 6.42 Å². The van der Waals surface area contributed by atoms with Crippen LogP contribution < -0.4 is 11.1 Å². The summed E-state index contributed by atoms with van der Waals surface area (Å²) in [7, 11) is 0. The largest absolute Gasteiger partial charge is 0.480 e. The van der Waals surface area contributed by atoms with Crippen molar-refractivity contribution in [2.75, 3.05) is 0 Å². The molecule has 2 atom stereocenters. The molecule has 6 nitrogen and oxygen atoms in total. The number of carboxylic acids is 1. The number of rotatable bonds is 5. The predicted molar refractivity (Wildman–Crippen MR) is 66.3 cm³/mol. The second kappa shape index (κ2) is 5.09. The summed E-state index contributed by atoms with van der Waals surface area (Å²) < 4.78 is 0. The number of carbonyl (C=O) groups excluding carboxylic acids is 2. The van der Waals surface area contributed by atoms with Gasteiger partial charge >= 0.3 is 5.97 Å². The Bertz CT molecular complexity index is 541. The van der Waals surface area contributed by atoms with Crippen molar-refractivity contribution in [1.82, 2.24) is 5.32 Å². The van der Waals surface area contributed by atoms with Gasteiger partial charge < -0.3 is 16.2 Å². The Hall–Kier alpha value is -2.37. The first-order valence-electron chi connectivity index (χ1n) is 5.88. The third-order valence-corrected chi connectivity index (χ3v) is 3.19. The number of carboxylic acid groups (broad SMARTS) is 1. The number of nitrogens with one attached hydrogen (secondary N) is 1. The van der Waals surface area contributed by atoms with Gasteiger partial charge in [0.15, 0.2) is 0 Å². The lowest BCUT2D eigenvalue weighted by Crippen LogP contribution is -2.46. The minimum atomic E-state index is -1.27. The zero-order valence-electron chi connectivity index (χ0n) is 10.1. The van der Waals surface area contributed by atoms with Crippen LogP contribution in [0.1, 0.15) is 23.5 Å². The molecule has 6 heteroatoms. The first-order valence-corrected chi connectivity index (χ1v) is 5.88. The van der Waals surface area contributed by atoms with Crippen LogP contribution in [0.25, 0.3) is 0 Å². The SMILES string of the molecule is NC(=O)C[C@H](NC(=O)C1Cc2ccccc21)C(=O)O. The quantitative estimate of drug-likeness (QED) is 0.680. The molecule has 1 aliphatic rings. The molecule has 0 saturated heterocycles. The highest BCUT2D eigenvalue weighted by Crippen LogP contribution is 2.34. The van der Waals surface area contributed by atoms with E-state index < -0.39 is 24.3 Å². The standard InChI is InChI=1S/C13H14N2O4/c14-11(16)6-10(13(18)19)15-12(17)9-5-7-3-1-2-4-8(7)9/h1-4,9-10H,5-6H2,(H2,14,16)(H,15,17)(H,18,19)/t9?,10-/m0/s1. The number of aliphatic carboxylic acids is 1. The summed E-state index contributed by atoms with van der Waals surface area (Å²) in [5, 5.41) is 11.3. The van der Waals surface area contributed by atoms with Gasteiger partial charge in [-0.1, -0.05) is 24.3 Å². The Kier molecular flexibility index (Phi) is 3.50. The zero-order chi connectivity index (χ0) is 14.0. The average Bonchev–Trinajstić information content (AvgIpc) is 2.29. The third-order valence-electron chi connectivity index (χ3n) is 3.19. The van der Waals surface area contributed by atoms with Gasteiger partial charge in [0.25, 0.3) is 0 Å². The highest BCUT2D eigenvalue weighted by molar-refractivity contribution is 5.92. The summed E-state index contributed by atoms with van der Waals surface area (Å²) >= 11 is 0. The van der Waals surface area contributed by atoms with Crippen molar-refractivity contribution in [1.29, 1.82) is 0 Å². The van der Waals surface area contributed by atoms with E-state index in [9.17, 15) is 14.4 Å². The molecule has 0 heterocycles. The lowest BCUT2D eigenvalue weighted by atomic mass is 9.77. The summed E-state index contributed by atoms with van der Waals surface area (Å²) in [6.45, 7) is 0. The molecule has 1 unspecified atom stereocenters. The number of carbonyl (C=O) groups is 3. The molecule has 100 valence electrons. The van der Waals surface area contributed by atoms with Crippen molar-refractivity contribution in [3.05, 3.63) is 35.4 Å². The second-order valence-electron chi connectivity index (χ2n) is 4.53. The van der Waals surface area contributed by atoms with E-state index in [4.69, 9.17) is 10.8 Å². The Morgan fingerprint density at radius 1 is 1.37 bits per heavy atom. The zero-order valence-corrected chi connectivity index (χ0v) is 10.1. The molecule has 1 aromatic rings. The van der Waals surface area contributed by atoms with Crippen molar-refractivity contribution in [2.45, 2.75) is 24.8 Å². The molecule has 1 aromatic carbocycles. The van der Waals surface area contributed by atoms with Crippen LogP contribution in [0, 0.1) is 0 Å². The van der Waals surface area contributed by atoms with Gasteiger partial charge in [0.1, 0.15) is 6.04 Å². The fourth-order valence-electron chi connectivity index (χ4n) is 2.17. The topological polar surface area (TPSA) is 109 Å². The molecule has 0 radical (unpaired) electrons. The van der Waals surface area contributed by atoms with E-state index in [1.807, 2.05) is 24.3 Å². The number of hydrogen-bond acceptors (Lipinski definition) is 3. The molecule has 0 fully saturated rings. The van der Waals surface area contributed by atoms with E-state index >= 15 is 0 Å². The summed E-state index contributed by atoms with van der Waals surface area (Å²) in [6.07, 6.45) is 0.181. The maximum Gasteiger partial charge on any atom is 0.326 e. The minimum absolute atomic E-state index is 0.342. The van der Waals surface area contributed by atoms with Crippen LogP contribution >= 0.6 is 0 Å². The summed E-state index contributed by atoms with van der Waals surface area (Å²) in [4.78, 5) is 33.6. The van der Waals surface area contributed by atoms with Crippen LogP contribution in [0.2, 0.25) is 0 Å². The summed E-state index contributed by atoms with van der Waals surface area (Å²) in [5.74, 6) is -2.75. The van der Waals surface area contributed by atoms with Crippen LogP contribution in [0.5, 0.6) is 0 Å². The van der Waals surface area contributed by atoms with Gasteiger partial charge in [0.05, 0.1) is 12.3 Å². The average molecular weight is 262 g/mol. The highest BCUT2D eigenvalue weighted by Gasteiger charge is 2.34. The van der Waals surface area contributed by atoms with E-state index in [0.717, 1.165) is 11.1 Å². The number of primary amides is 1. The maximum atomic E-state index is 12.0. The van der Waals surface area contributed by atoms with E-state index in [-0.39, 0.29) is 11.8 Å². The number of benzene rings is 1. The summed E-state index contributed by atoms with van der Waals surface area (Å²) in [6, 6.07) is 6.22. The first kappa shape index (κ1) is 13.1. The van der Waals surface area contributed by atoms with Gasteiger partial charge in [-0.3, -0.25) is 9.59 Å². The first-order chi connectivity index (χ1) is 8.99. The van der Waals surface area contributed by atoms with Gasteiger partial charge in [0, 0.05) is 0 Å². The predicted octanol–water partition coefficient (Wildman–Crippen LogP) is -0.229. The molecule has 0 bridgehead atoms. The Morgan fingerprint density at radius 3 is 2.63 bits per heavy atom. The normalized spacial score (nSPS) is 17.8. The van der Waals surface area contributed by atoms with Crippen molar-refractivity contribution >= 4 is 17.8 Å². The van der Waals surface area contributed by atoms with Gasteiger partial charge in [-0.25, -0.2) is 4.79 Å². The van der Waals surface area contributed by atoms with Crippen molar-refractivity contribution in [3.8, 4) is 0 Å². The van der Waals surface area contributed by atoms with Gasteiger partial charge in [0.2, 0.25) is 11.8 Å². The smallest absolute Gasteiger partial charge is 0.326 e. The van der Waals surface area contributed by atoms with Crippen LogP contribution in [-0.4, -0.2) is 28.9 Å². The molecule has 2 amide bonds. The molecule has 2 rings (SSSR count). The molecule has 4 N–H and O–H groups in total. The monoisotopic (exact) mass is 262 g/mol. The molecule has 0 aromatic heterocycles. The Morgan fingerprint density at radius 2 is 2.05 bits per heavy atom. The molecular weight excluding hydrogens is 248 g/mol. The number of hydrogen-bond donors (Lipinski definition) is 3. The second-order valence-corrected chi connectivity index (χ2v) is 4.53. The lowest BCUT2D eigenvalue weighted by Gasteiger charge is -2.29. The molecule has 0 spiro atoms. The molecule has 0 aliphatic heterocycles. The van der Waals surface area contributed by atoms with Crippen molar-refractivity contribution in [2.24, 2.45) is 5.73 Å². The number of nitrogens with two attached hydrogens (primary N) is 1. The fraction of sp³-hybridized carbons (Fsp3) is 0.308. The number of fused-ring (bicyclic) bond motifs is 1. The summed E-state index contributed by atoms with van der Waals surface area (Å²) in [5.41, 5.74) is 6.95. The van der Waals surface area contributed by atoms with E-state index in [1.54, 1.807) is 0 Å². The van der Waals surface area contributed by atoms with E-state index in [2.05, 4.69) is 5.32 Å². The highest BCUT2D eigenvalue weighted by atomic mass is 16.4. The Balaban J connectivity index is 2.02. The fourth-order valence-corrected chi connectivity index (χ4v) is 2.17.